The second kappa shape index (κ2) is 7.31. The number of aliphatic hydroxyl groups is 1. The molecule has 0 aliphatic heterocycles. The van der Waals surface area contributed by atoms with E-state index >= 15 is 0 Å². The highest BCUT2D eigenvalue weighted by Gasteiger charge is 2.10. The summed E-state index contributed by atoms with van der Waals surface area (Å²) in [6.07, 6.45) is 1.05. The van der Waals surface area contributed by atoms with Crippen LogP contribution in [0.25, 0.3) is 0 Å². The van der Waals surface area contributed by atoms with Crippen LogP contribution in [0.2, 0.25) is 10.0 Å². The molecule has 0 saturated carbocycles. The summed E-state index contributed by atoms with van der Waals surface area (Å²) in [5, 5.41) is 11.4. The lowest BCUT2D eigenvalue weighted by Gasteiger charge is -2.13. The summed E-state index contributed by atoms with van der Waals surface area (Å²) >= 11 is 11.9. The van der Waals surface area contributed by atoms with Crippen LogP contribution in [0.15, 0.2) is 42.5 Å². The molecule has 1 unspecified atom stereocenters. The van der Waals surface area contributed by atoms with Crippen molar-refractivity contribution in [3.05, 3.63) is 69.2 Å². The smallest absolute Gasteiger partial charge is 0.0830 e. The van der Waals surface area contributed by atoms with Crippen LogP contribution < -0.4 is 0 Å². The first kappa shape index (κ1) is 16.4. The molecule has 112 valence electrons. The summed E-state index contributed by atoms with van der Waals surface area (Å²) in [5.74, 6) is 0.636. The van der Waals surface area contributed by atoms with E-state index in [1.54, 1.807) is 12.1 Å². The molecule has 0 saturated heterocycles. The maximum Gasteiger partial charge on any atom is 0.0830 e. The lowest BCUT2D eigenvalue weighted by atomic mass is 9.97. The highest BCUT2D eigenvalue weighted by molar-refractivity contribution is 6.42. The molecule has 0 aliphatic rings. The molecule has 1 nitrogen and oxygen atoms in total. The quantitative estimate of drug-likeness (QED) is 0.774. The van der Waals surface area contributed by atoms with Crippen LogP contribution in [-0.4, -0.2) is 5.11 Å². The monoisotopic (exact) mass is 322 g/mol. The molecule has 0 amide bonds. The number of halogens is 2. The SMILES string of the molecule is CC(C)Cc1ccc(C(O)Cc2ccc(Cl)c(Cl)c2)cc1. The van der Waals surface area contributed by atoms with E-state index in [4.69, 9.17) is 23.2 Å². The Bertz CT molecular complexity index is 591. The maximum atomic E-state index is 10.3. The predicted molar refractivity (Wildman–Crippen MR) is 90.1 cm³/mol. The first-order valence-electron chi connectivity index (χ1n) is 7.16. The van der Waals surface area contributed by atoms with Crippen molar-refractivity contribution >= 4 is 23.2 Å². The molecule has 0 spiro atoms. The third kappa shape index (κ3) is 4.74. The second-order valence-corrected chi connectivity index (χ2v) is 6.62. The molecule has 3 heteroatoms. The van der Waals surface area contributed by atoms with Crippen LogP contribution in [0.3, 0.4) is 0 Å². The Hall–Kier alpha value is -1.02. The zero-order chi connectivity index (χ0) is 15.4. The molecule has 0 bridgehead atoms. The molecule has 0 radical (unpaired) electrons. The van der Waals surface area contributed by atoms with Gasteiger partial charge in [0.05, 0.1) is 16.1 Å². The van der Waals surface area contributed by atoms with Gasteiger partial charge in [0.15, 0.2) is 0 Å². The van der Waals surface area contributed by atoms with Crippen LogP contribution in [-0.2, 0) is 12.8 Å². The van der Waals surface area contributed by atoms with Crippen LogP contribution in [0, 0.1) is 5.92 Å². The second-order valence-electron chi connectivity index (χ2n) is 5.81. The largest absolute Gasteiger partial charge is 0.388 e. The molecule has 1 N–H and O–H groups in total. The maximum absolute atomic E-state index is 10.3. The van der Waals surface area contributed by atoms with Gasteiger partial charge in [-0.1, -0.05) is 67.4 Å². The number of hydrogen-bond acceptors (Lipinski definition) is 1. The van der Waals surface area contributed by atoms with Gasteiger partial charge in [0, 0.05) is 6.42 Å². The highest BCUT2D eigenvalue weighted by Crippen LogP contribution is 2.26. The van der Waals surface area contributed by atoms with E-state index in [0.717, 1.165) is 17.5 Å². The molecule has 0 aromatic heterocycles. The van der Waals surface area contributed by atoms with Gasteiger partial charge in [-0.2, -0.15) is 0 Å². The van der Waals surface area contributed by atoms with Crippen molar-refractivity contribution in [3.8, 4) is 0 Å². The molecule has 2 aromatic rings. The first-order chi connectivity index (χ1) is 9.95. The van der Waals surface area contributed by atoms with E-state index in [2.05, 4.69) is 26.0 Å². The number of benzene rings is 2. The number of hydrogen-bond donors (Lipinski definition) is 1. The third-order valence-electron chi connectivity index (χ3n) is 3.42. The van der Waals surface area contributed by atoms with Gasteiger partial charge in [0.25, 0.3) is 0 Å². The summed E-state index contributed by atoms with van der Waals surface area (Å²) < 4.78 is 0. The lowest BCUT2D eigenvalue weighted by molar-refractivity contribution is 0.178. The van der Waals surface area contributed by atoms with E-state index in [9.17, 15) is 5.11 Å². The Kier molecular flexibility index (Phi) is 5.69. The Morgan fingerprint density at radius 1 is 0.857 bits per heavy atom. The summed E-state index contributed by atoms with van der Waals surface area (Å²) in [5.41, 5.74) is 3.20. The van der Waals surface area contributed by atoms with Gasteiger partial charge in [-0.25, -0.2) is 0 Å². The fraction of sp³-hybridized carbons (Fsp3) is 0.333. The van der Waals surface area contributed by atoms with Crippen molar-refractivity contribution in [1.29, 1.82) is 0 Å². The molecular weight excluding hydrogens is 303 g/mol. The Balaban J connectivity index is 2.05. The molecule has 21 heavy (non-hydrogen) atoms. The van der Waals surface area contributed by atoms with Crippen molar-refractivity contribution in [3.63, 3.8) is 0 Å². The average molecular weight is 323 g/mol. The molecular formula is C18H20Cl2O. The van der Waals surface area contributed by atoms with Gasteiger partial charge in [-0.3, -0.25) is 0 Å². The molecule has 0 fully saturated rings. The first-order valence-corrected chi connectivity index (χ1v) is 7.92. The normalized spacial score (nSPS) is 12.7. The van der Waals surface area contributed by atoms with Crippen LogP contribution >= 0.6 is 23.2 Å². The van der Waals surface area contributed by atoms with Crippen LogP contribution in [0.4, 0.5) is 0 Å². The Morgan fingerprint density at radius 3 is 2.05 bits per heavy atom. The predicted octanol–water partition coefficient (Wildman–Crippen LogP) is 5.47. The van der Waals surface area contributed by atoms with Crippen LogP contribution in [0.1, 0.15) is 36.6 Å². The standard InChI is InChI=1S/C18H20Cl2O/c1-12(2)9-13-3-6-15(7-4-13)18(21)11-14-5-8-16(19)17(20)10-14/h3-8,10,12,18,21H,9,11H2,1-2H3. The van der Waals surface area contributed by atoms with E-state index in [0.29, 0.717) is 22.4 Å². The fourth-order valence-corrected chi connectivity index (χ4v) is 2.68. The Labute approximate surface area is 136 Å². The minimum Gasteiger partial charge on any atom is -0.388 e. The molecule has 0 heterocycles. The number of rotatable bonds is 5. The van der Waals surface area contributed by atoms with Crippen molar-refractivity contribution in [2.45, 2.75) is 32.8 Å². The minimum absolute atomic E-state index is 0.522. The van der Waals surface area contributed by atoms with E-state index in [1.165, 1.54) is 5.56 Å². The Morgan fingerprint density at radius 2 is 1.48 bits per heavy atom. The summed E-state index contributed by atoms with van der Waals surface area (Å²) in [6.45, 7) is 4.40. The third-order valence-corrected chi connectivity index (χ3v) is 4.16. The van der Waals surface area contributed by atoms with Gasteiger partial charge >= 0.3 is 0 Å². The van der Waals surface area contributed by atoms with E-state index in [1.807, 2.05) is 18.2 Å². The van der Waals surface area contributed by atoms with E-state index < -0.39 is 6.10 Å². The topological polar surface area (TPSA) is 20.2 Å². The zero-order valence-corrected chi connectivity index (χ0v) is 13.8. The fourth-order valence-electron chi connectivity index (χ4n) is 2.35. The summed E-state index contributed by atoms with van der Waals surface area (Å²) in [6, 6.07) is 13.6. The molecule has 2 aromatic carbocycles. The van der Waals surface area contributed by atoms with Crippen molar-refractivity contribution < 1.29 is 5.11 Å². The molecule has 1 atom stereocenters. The average Bonchev–Trinajstić information content (AvgIpc) is 2.43. The van der Waals surface area contributed by atoms with Crippen molar-refractivity contribution in [1.82, 2.24) is 0 Å². The molecule has 2 rings (SSSR count). The van der Waals surface area contributed by atoms with Crippen LogP contribution in [0.5, 0.6) is 0 Å². The van der Waals surface area contributed by atoms with Crippen molar-refractivity contribution in [2.75, 3.05) is 0 Å². The summed E-state index contributed by atoms with van der Waals surface area (Å²) in [4.78, 5) is 0. The number of aliphatic hydroxyl groups excluding tert-OH is 1. The van der Waals surface area contributed by atoms with Crippen molar-refractivity contribution in [2.24, 2.45) is 5.92 Å². The highest BCUT2D eigenvalue weighted by atomic mass is 35.5. The van der Waals surface area contributed by atoms with Gasteiger partial charge in [-0.15, -0.1) is 0 Å². The van der Waals surface area contributed by atoms with Gasteiger partial charge in [0.1, 0.15) is 0 Å². The van der Waals surface area contributed by atoms with Gasteiger partial charge in [-0.05, 0) is 41.2 Å². The summed E-state index contributed by atoms with van der Waals surface area (Å²) in [7, 11) is 0. The van der Waals surface area contributed by atoms with Gasteiger partial charge in [0.2, 0.25) is 0 Å². The molecule has 0 aliphatic carbocycles. The van der Waals surface area contributed by atoms with Gasteiger partial charge < -0.3 is 5.11 Å². The minimum atomic E-state index is -0.532. The lowest BCUT2D eigenvalue weighted by Crippen LogP contribution is -2.02. The van der Waals surface area contributed by atoms with E-state index in [-0.39, 0.29) is 0 Å². The zero-order valence-electron chi connectivity index (χ0n) is 12.3.